The fraction of sp³-hybridized carbons (Fsp3) is 0.400. The minimum absolute atomic E-state index is 0.0310. The van der Waals surface area contributed by atoms with Gasteiger partial charge in [-0.1, -0.05) is 0 Å². The summed E-state index contributed by atoms with van der Waals surface area (Å²) in [5.41, 5.74) is 6.17. The summed E-state index contributed by atoms with van der Waals surface area (Å²) >= 11 is 0. The van der Waals surface area contributed by atoms with E-state index in [4.69, 9.17) is 10.8 Å². The van der Waals surface area contributed by atoms with Crippen molar-refractivity contribution in [1.29, 1.82) is 0 Å². The number of H-pyrrole nitrogens is 1. The zero-order valence-electron chi connectivity index (χ0n) is 9.54. The van der Waals surface area contributed by atoms with Gasteiger partial charge in [0.25, 0.3) is 0 Å². The fourth-order valence-electron chi connectivity index (χ4n) is 1.33. The lowest BCUT2D eigenvalue weighted by Gasteiger charge is -2.06. The Hall–Kier alpha value is -2.02. The van der Waals surface area contributed by atoms with Crippen LogP contribution in [0.3, 0.4) is 0 Å². The number of carboxylic acids is 1. The van der Waals surface area contributed by atoms with Crippen LogP contribution in [0.2, 0.25) is 0 Å². The Balaban J connectivity index is 2.61. The van der Waals surface area contributed by atoms with Crippen molar-refractivity contribution in [2.24, 2.45) is 5.73 Å². The molecule has 0 saturated heterocycles. The van der Waals surface area contributed by atoms with Crippen LogP contribution in [0.25, 0.3) is 0 Å². The molecule has 0 radical (unpaired) electrons. The van der Waals surface area contributed by atoms with Gasteiger partial charge in [0.15, 0.2) is 0 Å². The summed E-state index contributed by atoms with van der Waals surface area (Å²) in [4.78, 5) is 24.9. The molecular weight excluding hydrogens is 224 g/mol. The minimum Gasteiger partial charge on any atom is -0.477 e. The Morgan fingerprint density at radius 1 is 1.53 bits per heavy atom. The summed E-state index contributed by atoms with van der Waals surface area (Å²) in [6.45, 7) is 2.65. The SMILES string of the molecule is Cc1cc(NC(=O)NCCCN)c(C(=O)O)[nH]1. The molecule has 0 aliphatic rings. The molecule has 1 aromatic rings. The maximum Gasteiger partial charge on any atom is 0.354 e. The van der Waals surface area contributed by atoms with Crippen LogP contribution in [-0.4, -0.2) is 35.2 Å². The van der Waals surface area contributed by atoms with Crippen LogP contribution in [0.4, 0.5) is 10.5 Å². The molecule has 0 aromatic carbocycles. The molecule has 6 N–H and O–H groups in total. The van der Waals surface area contributed by atoms with Crippen LogP contribution in [0, 0.1) is 6.92 Å². The summed E-state index contributed by atoms with van der Waals surface area (Å²) in [6.07, 6.45) is 0.672. The van der Waals surface area contributed by atoms with E-state index in [-0.39, 0.29) is 11.4 Å². The second-order valence-electron chi connectivity index (χ2n) is 3.57. The predicted molar refractivity (Wildman–Crippen MR) is 63.2 cm³/mol. The molecule has 0 bridgehead atoms. The van der Waals surface area contributed by atoms with Crippen molar-refractivity contribution in [1.82, 2.24) is 10.3 Å². The summed E-state index contributed by atoms with van der Waals surface area (Å²) < 4.78 is 0. The van der Waals surface area contributed by atoms with Gasteiger partial charge >= 0.3 is 12.0 Å². The first-order chi connectivity index (χ1) is 8.04. The van der Waals surface area contributed by atoms with Crippen molar-refractivity contribution in [3.8, 4) is 0 Å². The number of aromatic carboxylic acids is 1. The van der Waals surface area contributed by atoms with E-state index in [0.717, 1.165) is 0 Å². The molecule has 94 valence electrons. The number of carbonyl (C=O) groups is 2. The van der Waals surface area contributed by atoms with Crippen LogP contribution in [0.5, 0.6) is 0 Å². The summed E-state index contributed by atoms with van der Waals surface area (Å²) in [5, 5.41) is 13.9. The van der Waals surface area contributed by atoms with Gasteiger partial charge in [-0.15, -0.1) is 0 Å². The highest BCUT2D eigenvalue weighted by molar-refractivity contribution is 5.99. The molecule has 0 saturated carbocycles. The maximum absolute atomic E-state index is 11.4. The molecule has 7 heteroatoms. The molecule has 0 atom stereocenters. The van der Waals surface area contributed by atoms with Crippen LogP contribution in [0.15, 0.2) is 6.07 Å². The van der Waals surface area contributed by atoms with Crippen molar-refractivity contribution >= 4 is 17.7 Å². The number of aromatic nitrogens is 1. The van der Waals surface area contributed by atoms with Gasteiger partial charge in [0.2, 0.25) is 0 Å². The number of amides is 2. The number of hydrogen-bond donors (Lipinski definition) is 5. The number of nitrogens with one attached hydrogen (secondary N) is 3. The number of carbonyl (C=O) groups excluding carboxylic acids is 1. The summed E-state index contributed by atoms with van der Waals surface area (Å²) in [7, 11) is 0. The Labute approximate surface area is 98.4 Å². The number of nitrogens with two attached hydrogens (primary N) is 1. The van der Waals surface area contributed by atoms with Crippen LogP contribution < -0.4 is 16.4 Å². The van der Waals surface area contributed by atoms with Crippen LogP contribution in [-0.2, 0) is 0 Å². The number of aryl methyl sites for hydroxylation is 1. The third-order valence-electron chi connectivity index (χ3n) is 2.08. The molecule has 2 amide bonds. The lowest BCUT2D eigenvalue weighted by molar-refractivity contribution is 0.0692. The number of rotatable bonds is 5. The second-order valence-corrected chi connectivity index (χ2v) is 3.57. The number of aromatic amines is 1. The van der Waals surface area contributed by atoms with Crippen LogP contribution >= 0.6 is 0 Å². The number of carboxylic acid groups (broad SMARTS) is 1. The normalized spacial score (nSPS) is 10.0. The first kappa shape index (κ1) is 13.0. The third-order valence-corrected chi connectivity index (χ3v) is 2.08. The molecule has 0 fully saturated rings. The highest BCUT2D eigenvalue weighted by Crippen LogP contribution is 2.16. The van der Waals surface area contributed by atoms with Gasteiger partial charge in [-0.2, -0.15) is 0 Å². The van der Waals surface area contributed by atoms with Crippen molar-refractivity contribution < 1.29 is 14.7 Å². The van der Waals surface area contributed by atoms with Gasteiger partial charge in [0.05, 0.1) is 5.69 Å². The molecule has 0 unspecified atom stereocenters. The molecule has 1 aromatic heterocycles. The molecule has 0 spiro atoms. The topological polar surface area (TPSA) is 120 Å². The number of anilines is 1. The Bertz CT molecular complexity index is 414. The average Bonchev–Trinajstić information content (AvgIpc) is 2.60. The van der Waals surface area contributed by atoms with Gasteiger partial charge in [-0.3, -0.25) is 0 Å². The van der Waals surface area contributed by atoms with Gasteiger partial charge < -0.3 is 26.5 Å². The van der Waals surface area contributed by atoms with E-state index in [1.165, 1.54) is 0 Å². The van der Waals surface area contributed by atoms with E-state index in [1.54, 1.807) is 13.0 Å². The Morgan fingerprint density at radius 2 is 2.24 bits per heavy atom. The van der Waals surface area contributed by atoms with Crippen molar-refractivity contribution in [2.45, 2.75) is 13.3 Å². The molecule has 1 heterocycles. The molecular formula is C10H16N4O3. The smallest absolute Gasteiger partial charge is 0.354 e. The molecule has 7 nitrogen and oxygen atoms in total. The first-order valence-corrected chi connectivity index (χ1v) is 5.22. The summed E-state index contributed by atoms with van der Waals surface area (Å²) in [6, 6.07) is 1.12. The largest absolute Gasteiger partial charge is 0.477 e. The fourth-order valence-corrected chi connectivity index (χ4v) is 1.33. The maximum atomic E-state index is 11.4. The van der Waals surface area contributed by atoms with Crippen LogP contribution in [0.1, 0.15) is 22.6 Å². The highest BCUT2D eigenvalue weighted by Gasteiger charge is 2.14. The second kappa shape index (κ2) is 5.90. The standard InChI is InChI=1S/C10H16N4O3/c1-6-5-7(8(13-6)9(15)16)14-10(17)12-4-2-3-11/h5,13H,2-4,11H2,1H3,(H,15,16)(H2,12,14,17). The zero-order valence-corrected chi connectivity index (χ0v) is 9.54. The third kappa shape index (κ3) is 3.80. The Morgan fingerprint density at radius 3 is 2.82 bits per heavy atom. The van der Waals surface area contributed by atoms with E-state index in [9.17, 15) is 9.59 Å². The quantitative estimate of drug-likeness (QED) is 0.481. The lowest BCUT2D eigenvalue weighted by atomic mass is 10.3. The van der Waals surface area contributed by atoms with Gasteiger partial charge in [0.1, 0.15) is 5.69 Å². The first-order valence-electron chi connectivity index (χ1n) is 5.22. The highest BCUT2D eigenvalue weighted by atomic mass is 16.4. The molecule has 17 heavy (non-hydrogen) atoms. The predicted octanol–water partition coefficient (Wildman–Crippen LogP) is 0.492. The summed E-state index contributed by atoms with van der Waals surface area (Å²) in [5.74, 6) is -1.12. The van der Waals surface area contributed by atoms with E-state index in [1.807, 2.05) is 0 Å². The van der Waals surface area contributed by atoms with E-state index < -0.39 is 12.0 Å². The number of urea groups is 1. The number of hydrogen-bond acceptors (Lipinski definition) is 3. The lowest BCUT2D eigenvalue weighted by Crippen LogP contribution is -2.30. The van der Waals surface area contributed by atoms with Crippen molar-refractivity contribution in [2.75, 3.05) is 18.4 Å². The molecule has 0 aliphatic heterocycles. The van der Waals surface area contributed by atoms with E-state index in [2.05, 4.69) is 15.6 Å². The Kier molecular flexibility index (Phi) is 4.53. The van der Waals surface area contributed by atoms with Crippen molar-refractivity contribution in [3.63, 3.8) is 0 Å². The van der Waals surface area contributed by atoms with E-state index in [0.29, 0.717) is 25.2 Å². The van der Waals surface area contributed by atoms with E-state index >= 15 is 0 Å². The van der Waals surface area contributed by atoms with Crippen molar-refractivity contribution in [3.05, 3.63) is 17.5 Å². The zero-order chi connectivity index (χ0) is 12.8. The average molecular weight is 240 g/mol. The van der Waals surface area contributed by atoms with Gasteiger partial charge in [0, 0.05) is 12.2 Å². The molecule has 1 rings (SSSR count). The van der Waals surface area contributed by atoms with Gasteiger partial charge in [-0.05, 0) is 26.0 Å². The monoisotopic (exact) mass is 240 g/mol. The molecule has 0 aliphatic carbocycles. The van der Waals surface area contributed by atoms with Gasteiger partial charge in [-0.25, -0.2) is 9.59 Å². The minimum atomic E-state index is -1.12.